The van der Waals surface area contributed by atoms with Gasteiger partial charge in [-0.25, -0.2) is 10.2 Å². The van der Waals surface area contributed by atoms with E-state index < -0.39 is 6.09 Å². The third-order valence-corrected chi connectivity index (χ3v) is 0.950. The quantitative estimate of drug-likeness (QED) is 0.351. The molecule has 0 heterocycles. The Morgan fingerprint density at radius 1 is 1.42 bits per heavy atom. The molecular formula is C6H15N3O3. The molecule has 4 N–H and O–H groups in total. The summed E-state index contributed by atoms with van der Waals surface area (Å²) in [6.07, 6.45) is -0.520. The van der Waals surface area contributed by atoms with Gasteiger partial charge in [-0.05, 0) is 0 Å². The molecule has 0 radical (unpaired) electrons. The van der Waals surface area contributed by atoms with Gasteiger partial charge in [0, 0.05) is 13.6 Å². The number of hydrogen-bond donors (Lipinski definition) is 3. The smallest absolute Gasteiger partial charge is 0.421 e. The predicted molar refractivity (Wildman–Crippen MR) is 43.4 cm³/mol. The Labute approximate surface area is 71.4 Å². The lowest BCUT2D eigenvalue weighted by molar-refractivity contribution is 0.0750. The fourth-order valence-electron chi connectivity index (χ4n) is 0.517. The van der Waals surface area contributed by atoms with Crippen molar-refractivity contribution in [2.45, 2.75) is 0 Å². The zero-order chi connectivity index (χ0) is 9.23. The predicted octanol–water partition coefficient (Wildman–Crippen LogP) is -1.18. The van der Waals surface area contributed by atoms with Crippen LogP contribution in [0.3, 0.4) is 0 Å². The summed E-state index contributed by atoms with van der Waals surface area (Å²) in [5.41, 5.74) is 9.84. The largest absolute Gasteiger partial charge is 0.446 e. The first kappa shape index (κ1) is 11.2. The molecule has 0 rings (SSSR count). The van der Waals surface area contributed by atoms with Crippen molar-refractivity contribution in [3.05, 3.63) is 0 Å². The highest BCUT2D eigenvalue weighted by atomic mass is 16.6. The number of carbonyl (C=O) groups is 1. The summed E-state index contributed by atoms with van der Waals surface area (Å²) in [4.78, 5) is 10.6. The standard InChI is InChI=1S/C6H15N3O3/c1-8-9-6(10)12-5-4-11-3-2-7/h8H,2-5,7H2,1H3,(H,9,10). The van der Waals surface area contributed by atoms with Gasteiger partial charge in [0.25, 0.3) is 0 Å². The zero-order valence-electron chi connectivity index (χ0n) is 7.13. The molecule has 0 aromatic heterocycles. The van der Waals surface area contributed by atoms with Gasteiger partial charge in [0.05, 0.1) is 13.2 Å². The Balaban J connectivity index is 3.03. The van der Waals surface area contributed by atoms with E-state index in [1.54, 1.807) is 7.05 Å². The van der Waals surface area contributed by atoms with Crippen LogP contribution in [0.4, 0.5) is 4.79 Å². The van der Waals surface area contributed by atoms with Gasteiger partial charge in [0.15, 0.2) is 0 Å². The van der Waals surface area contributed by atoms with E-state index in [4.69, 9.17) is 10.5 Å². The minimum Gasteiger partial charge on any atom is -0.446 e. The number of hydrogen-bond acceptors (Lipinski definition) is 5. The van der Waals surface area contributed by atoms with Gasteiger partial charge >= 0.3 is 6.09 Å². The monoisotopic (exact) mass is 177 g/mol. The molecule has 0 saturated heterocycles. The molecule has 0 spiro atoms. The Kier molecular flexibility index (Phi) is 7.66. The van der Waals surface area contributed by atoms with Crippen LogP contribution < -0.4 is 16.6 Å². The molecule has 6 nitrogen and oxygen atoms in total. The van der Waals surface area contributed by atoms with Crippen molar-refractivity contribution >= 4 is 6.09 Å². The molecule has 0 bridgehead atoms. The van der Waals surface area contributed by atoms with E-state index in [0.717, 1.165) is 0 Å². The topological polar surface area (TPSA) is 85.6 Å². The molecule has 0 aliphatic carbocycles. The van der Waals surface area contributed by atoms with Crippen LogP contribution in [0.2, 0.25) is 0 Å². The van der Waals surface area contributed by atoms with E-state index in [1.165, 1.54) is 0 Å². The average molecular weight is 177 g/mol. The molecular weight excluding hydrogens is 162 g/mol. The van der Waals surface area contributed by atoms with Crippen molar-refractivity contribution in [2.75, 3.05) is 33.4 Å². The summed E-state index contributed by atoms with van der Waals surface area (Å²) in [6.45, 7) is 1.56. The first-order valence-electron chi connectivity index (χ1n) is 3.68. The number of nitrogens with one attached hydrogen (secondary N) is 2. The summed E-state index contributed by atoms with van der Waals surface area (Å²) in [6, 6.07) is 0. The van der Waals surface area contributed by atoms with Gasteiger partial charge < -0.3 is 15.2 Å². The second-order valence-corrected chi connectivity index (χ2v) is 1.91. The summed E-state index contributed by atoms with van der Waals surface area (Å²) >= 11 is 0. The van der Waals surface area contributed by atoms with E-state index in [1.807, 2.05) is 0 Å². The van der Waals surface area contributed by atoms with Crippen molar-refractivity contribution in [2.24, 2.45) is 5.73 Å². The highest BCUT2D eigenvalue weighted by Crippen LogP contribution is 1.78. The lowest BCUT2D eigenvalue weighted by Crippen LogP contribution is -2.35. The molecule has 6 heteroatoms. The summed E-state index contributed by atoms with van der Waals surface area (Å²) in [7, 11) is 1.58. The molecule has 0 aliphatic rings. The van der Waals surface area contributed by atoms with E-state index in [-0.39, 0.29) is 6.61 Å². The molecule has 0 unspecified atom stereocenters. The third-order valence-electron chi connectivity index (χ3n) is 0.950. The van der Waals surface area contributed by atoms with Crippen molar-refractivity contribution in [3.63, 3.8) is 0 Å². The summed E-state index contributed by atoms with van der Waals surface area (Å²) in [5.74, 6) is 0. The van der Waals surface area contributed by atoms with Gasteiger partial charge in [0.1, 0.15) is 6.61 Å². The lowest BCUT2D eigenvalue weighted by atomic mass is 10.7. The molecule has 12 heavy (non-hydrogen) atoms. The van der Waals surface area contributed by atoms with Crippen LogP contribution >= 0.6 is 0 Å². The zero-order valence-corrected chi connectivity index (χ0v) is 7.13. The first-order chi connectivity index (χ1) is 5.81. The summed E-state index contributed by atoms with van der Waals surface area (Å²) < 4.78 is 9.61. The Morgan fingerprint density at radius 3 is 2.75 bits per heavy atom. The molecule has 0 fully saturated rings. The number of nitrogens with two attached hydrogens (primary N) is 1. The fourth-order valence-corrected chi connectivity index (χ4v) is 0.517. The second-order valence-electron chi connectivity index (χ2n) is 1.91. The van der Waals surface area contributed by atoms with Crippen molar-refractivity contribution in [3.8, 4) is 0 Å². The van der Waals surface area contributed by atoms with E-state index in [0.29, 0.717) is 19.8 Å². The van der Waals surface area contributed by atoms with Gasteiger partial charge in [-0.3, -0.25) is 5.43 Å². The average Bonchev–Trinajstić information content (AvgIpc) is 2.05. The Morgan fingerprint density at radius 2 is 2.17 bits per heavy atom. The molecule has 0 atom stereocenters. The van der Waals surface area contributed by atoms with Crippen LogP contribution in [0.1, 0.15) is 0 Å². The van der Waals surface area contributed by atoms with Gasteiger partial charge in [0.2, 0.25) is 0 Å². The maximum Gasteiger partial charge on any atom is 0.421 e. The SMILES string of the molecule is CNNC(=O)OCCOCCN. The van der Waals surface area contributed by atoms with Crippen LogP contribution in [0.15, 0.2) is 0 Å². The fraction of sp³-hybridized carbons (Fsp3) is 0.833. The number of ether oxygens (including phenoxy) is 2. The molecule has 1 amide bonds. The highest BCUT2D eigenvalue weighted by molar-refractivity contribution is 5.66. The number of carbonyl (C=O) groups excluding carboxylic acids is 1. The van der Waals surface area contributed by atoms with Gasteiger partial charge in [-0.2, -0.15) is 0 Å². The maximum atomic E-state index is 10.6. The number of hydrazine groups is 1. The van der Waals surface area contributed by atoms with Gasteiger partial charge in [-0.1, -0.05) is 0 Å². The second kappa shape index (κ2) is 8.25. The van der Waals surface area contributed by atoms with E-state index in [2.05, 4.69) is 15.6 Å². The van der Waals surface area contributed by atoms with Gasteiger partial charge in [-0.15, -0.1) is 0 Å². The highest BCUT2D eigenvalue weighted by Gasteiger charge is 1.97. The normalized spacial score (nSPS) is 9.50. The summed E-state index contributed by atoms with van der Waals surface area (Å²) in [5, 5.41) is 0. The Bertz CT molecular complexity index is 121. The molecule has 0 saturated carbocycles. The van der Waals surface area contributed by atoms with Crippen LogP contribution in [0.5, 0.6) is 0 Å². The molecule has 0 aliphatic heterocycles. The molecule has 0 aromatic carbocycles. The van der Waals surface area contributed by atoms with Crippen molar-refractivity contribution in [1.29, 1.82) is 0 Å². The number of amides is 1. The van der Waals surface area contributed by atoms with E-state index >= 15 is 0 Å². The van der Waals surface area contributed by atoms with Crippen LogP contribution in [-0.4, -0.2) is 39.5 Å². The van der Waals surface area contributed by atoms with Crippen molar-refractivity contribution < 1.29 is 14.3 Å². The molecule has 72 valence electrons. The minimum atomic E-state index is -0.520. The lowest BCUT2D eigenvalue weighted by Gasteiger charge is -2.05. The maximum absolute atomic E-state index is 10.6. The minimum absolute atomic E-state index is 0.230. The Hall–Kier alpha value is -0.850. The van der Waals surface area contributed by atoms with Crippen LogP contribution in [-0.2, 0) is 9.47 Å². The molecule has 0 aromatic rings. The van der Waals surface area contributed by atoms with Crippen LogP contribution in [0, 0.1) is 0 Å². The van der Waals surface area contributed by atoms with Crippen molar-refractivity contribution in [1.82, 2.24) is 10.9 Å². The number of rotatable bonds is 6. The third kappa shape index (κ3) is 7.26. The first-order valence-corrected chi connectivity index (χ1v) is 3.68. The van der Waals surface area contributed by atoms with Crippen LogP contribution in [0.25, 0.3) is 0 Å². The van der Waals surface area contributed by atoms with E-state index in [9.17, 15) is 4.79 Å².